The summed E-state index contributed by atoms with van der Waals surface area (Å²) in [4.78, 5) is 72.0. The molecule has 75 heavy (non-hydrogen) atoms. The number of hydrogen-bond acceptors (Lipinski definition) is 15. The average Bonchev–Trinajstić information content (AvgIpc) is 4.05. The van der Waals surface area contributed by atoms with Gasteiger partial charge in [-0.1, -0.05) is 91.0 Å². The molecule has 0 saturated carbocycles. The van der Waals surface area contributed by atoms with Crippen LogP contribution < -0.4 is 31.7 Å². The van der Waals surface area contributed by atoms with E-state index >= 15 is 0 Å². The number of carbonyl (C=O) groups is 2. The molecule has 388 valence electrons. The first-order valence-corrected chi connectivity index (χ1v) is 25.0. The van der Waals surface area contributed by atoms with E-state index in [1.807, 2.05) is 78.9 Å². The quantitative estimate of drug-likeness (QED) is 0.0430. The molecule has 2 aromatic heterocycles. The predicted octanol–water partition coefficient (Wildman–Crippen LogP) is 7.46. The topological polar surface area (TPSA) is 219 Å². The fourth-order valence-electron chi connectivity index (χ4n) is 8.99. The van der Waals surface area contributed by atoms with Crippen LogP contribution in [-0.2, 0) is 38.1 Å². The van der Waals surface area contributed by atoms with Crippen molar-refractivity contribution in [3.05, 3.63) is 223 Å². The lowest BCUT2D eigenvalue weighted by molar-refractivity contribution is -0.0938. The van der Waals surface area contributed by atoms with Crippen LogP contribution in [0.15, 0.2) is 172 Å². The molecule has 0 aliphatic carbocycles. The second-order valence-electron chi connectivity index (χ2n) is 17.5. The van der Waals surface area contributed by atoms with E-state index in [4.69, 9.17) is 42.0 Å². The van der Waals surface area contributed by atoms with Gasteiger partial charge in [0.25, 0.3) is 11.5 Å². The first-order chi connectivity index (χ1) is 36.5. The number of methoxy groups -OCH3 is 2. The highest BCUT2D eigenvalue weighted by molar-refractivity contribution is 7.41. The van der Waals surface area contributed by atoms with Crippen molar-refractivity contribution in [1.82, 2.24) is 19.1 Å². The number of nitrogens with one attached hydrogen (secondary N) is 2. The molecule has 2 aliphatic heterocycles. The normalized spacial score (nSPS) is 19.8. The number of carbonyl (C=O) groups excluding carboxylic acids is 2. The molecule has 0 spiro atoms. The molecule has 0 radical (unpaired) electrons. The zero-order valence-corrected chi connectivity index (χ0v) is 42.2. The number of aryl methyl sites for hydroxylation is 1. The van der Waals surface area contributed by atoms with Crippen LogP contribution in [0.1, 0.15) is 68.3 Å². The second-order valence-corrected chi connectivity index (χ2v) is 18.8. The molecular weight excluding hydrogens is 986 g/mol. The van der Waals surface area contributed by atoms with Gasteiger partial charge in [-0.25, -0.2) is 14.4 Å². The molecular formula is C55H54N5O14P. The Balaban J connectivity index is 1.02. The van der Waals surface area contributed by atoms with E-state index in [1.54, 1.807) is 81.8 Å². The van der Waals surface area contributed by atoms with Gasteiger partial charge in [0.05, 0.1) is 39.1 Å². The van der Waals surface area contributed by atoms with E-state index < -0.39 is 79.9 Å². The Morgan fingerprint density at radius 1 is 0.693 bits per heavy atom. The molecule has 1 amide bonds. The van der Waals surface area contributed by atoms with Crippen molar-refractivity contribution in [2.24, 2.45) is 0 Å². The first kappa shape index (κ1) is 52.3. The first-order valence-electron chi connectivity index (χ1n) is 23.9. The van der Waals surface area contributed by atoms with E-state index in [-0.39, 0.29) is 37.4 Å². The van der Waals surface area contributed by atoms with Crippen LogP contribution in [0.25, 0.3) is 0 Å². The van der Waals surface area contributed by atoms with Crippen LogP contribution in [0, 0.1) is 6.92 Å². The molecule has 4 heterocycles. The van der Waals surface area contributed by atoms with Crippen molar-refractivity contribution in [2.45, 2.75) is 62.2 Å². The molecule has 7 atom stereocenters. The van der Waals surface area contributed by atoms with Gasteiger partial charge < -0.3 is 47.3 Å². The number of hydrogen-bond donors (Lipinski definition) is 2. The molecule has 2 fully saturated rings. The summed E-state index contributed by atoms with van der Waals surface area (Å²) in [6.45, 7) is 1.21. The van der Waals surface area contributed by atoms with E-state index in [9.17, 15) is 24.0 Å². The number of benzene rings is 5. The molecule has 19 nitrogen and oxygen atoms in total. The molecule has 2 aliphatic rings. The Bertz CT molecular complexity index is 3190. The number of esters is 1. The highest BCUT2D eigenvalue weighted by atomic mass is 31.2. The number of ether oxygens (including phenoxy) is 6. The van der Waals surface area contributed by atoms with E-state index in [0.717, 1.165) is 16.7 Å². The van der Waals surface area contributed by atoms with Crippen LogP contribution in [0.5, 0.6) is 11.5 Å². The fraction of sp³-hybridized carbons (Fsp3) is 0.273. The zero-order chi connectivity index (χ0) is 52.5. The van der Waals surface area contributed by atoms with Crippen molar-refractivity contribution >= 4 is 26.3 Å². The summed E-state index contributed by atoms with van der Waals surface area (Å²) in [6.07, 6.45) is -2.52. The minimum atomic E-state index is -2.24. The number of rotatable bonds is 20. The number of aromatic amines is 1. The van der Waals surface area contributed by atoms with Gasteiger partial charge in [-0.05, 0) is 78.2 Å². The molecule has 2 saturated heterocycles. The van der Waals surface area contributed by atoms with E-state index in [0.29, 0.717) is 22.6 Å². The van der Waals surface area contributed by atoms with Gasteiger partial charge in [0.15, 0.2) is 0 Å². The largest absolute Gasteiger partial charge is 0.497 e. The van der Waals surface area contributed by atoms with Gasteiger partial charge in [0, 0.05) is 43.5 Å². The monoisotopic (exact) mass is 1040 g/mol. The lowest BCUT2D eigenvalue weighted by Crippen LogP contribution is -2.38. The van der Waals surface area contributed by atoms with Crippen LogP contribution in [0.4, 0.5) is 5.82 Å². The second kappa shape index (κ2) is 23.7. The van der Waals surface area contributed by atoms with Crippen LogP contribution in [0.2, 0.25) is 0 Å². The maximum atomic E-state index is 13.8. The van der Waals surface area contributed by atoms with Crippen molar-refractivity contribution in [3.63, 3.8) is 0 Å². The van der Waals surface area contributed by atoms with E-state index in [2.05, 4.69) is 15.3 Å². The molecule has 7 aromatic rings. The highest BCUT2D eigenvalue weighted by Crippen LogP contribution is 2.48. The number of anilines is 1. The lowest BCUT2D eigenvalue weighted by Gasteiger charge is -2.37. The maximum absolute atomic E-state index is 13.8. The smallest absolute Gasteiger partial charge is 0.351 e. The fourth-order valence-corrected chi connectivity index (χ4v) is 9.95. The summed E-state index contributed by atoms with van der Waals surface area (Å²) in [7, 11) is 2.35. The van der Waals surface area contributed by atoms with Crippen molar-refractivity contribution in [2.75, 3.05) is 39.9 Å². The average molecular weight is 1040 g/mol. The Morgan fingerprint density at radius 2 is 1.24 bits per heavy atom. The third-order valence-corrected chi connectivity index (χ3v) is 14.0. The molecule has 0 bridgehead atoms. The highest BCUT2D eigenvalue weighted by Gasteiger charge is 2.45. The summed E-state index contributed by atoms with van der Waals surface area (Å²) >= 11 is 0. The SMILES string of the molecule is COc1ccc(C(OC[C@H]2O[C@@H](n3ccc(NC(=O)c4ccccc4)nc3=O)C[C@@H]2OP(OC)OC[C@H]2O[C@@H](n3cc(C)c(=O)[nH]c3=O)C[C@@H]2OC(=O)c2ccccc2)(c2ccccc2)c2ccc(OC)cc2)cc1. The summed E-state index contributed by atoms with van der Waals surface area (Å²) < 4.78 is 58.8. The minimum absolute atomic E-state index is 0.0448. The van der Waals surface area contributed by atoms with Gasteiger partial charge in [0.1, 0.15) is 53.7 Å². The lowest BCUT2D eigenvalue weighted by atomic mass is 9.80. The van der Waals surface area contributed by atoms with Gasteiger partial charge in [-0.2, -0.15) is 4.98 Å². The van der Waals surface area contributed by atoms with Crippen LogP contribution in [-0.4, -0.2) is 89.9 Å². The van der Waals surface area contributed by atoms with Gasteiger partial charge in [-0.3, -0.25) is 23.7 Å². The van der Waals surface area contributed by atoms with Gasteiger partial charge in [0.2, 0.25) is 0 Å². The molecule has 1 unspecified atom stereocenters. The Kier molecular flexibility index (Phi) is 16.5. The Labute approximate surface area is 431 Å². The van der Waals surface area contributed by atoms with E-state index in [1.165, 1.54) is 34.7 Å². The summed E-state index contributed by atoms with van der Waals surface area (Å²) in [5.41, 5.74) is 0.0873. The summed E-state index contributed by atoms with van der Waals surface area (Å²) in [5.74, 6) is 0.273. The van der Waals surface area contributed by atoms with Gasteiger partial charge >= 0.3 is 26.0 Å². The number of aromatic nitrogens is 4. The van der Waals surface area contributed by atoms with Crippen LogP contribution in [0.3, 0.4) is 0 Å². The predicted molar refractivity (Wildman–Crippen MR) is 275 cm³/mol. The third kappa shape index (κ3) is 11.9. The molecule has 2 N–H and O–H groups in total. The van der Waals surface area contributed by atoms with Crippen molar-refractivity contribution in [3.8, 4) is 11.5 Å². The summed E-state index contributed by atoms with van der Waals surface area (Å²) in [6, 6.07) is 43.3. The molecule has 9 rings (SSSR count). The van der Waals surface area contributed by atoms with Crippen molar-refractivity contribution in [1.29, 1.82) is 0 Å². The number of nitrogens with zero attached hydrogens (tertiary/aromatic N) is 3. The Hall–Kier alpha value is -7.61. The van der Waals surface area contributed by atoms with Crippen molar-refractivity contribution < 1.29 is 51.6 Å². The van der Waals surface area contributed by atoms with Gasteiger partial charge in [-0.15, -0.1) is 0 Å². The number of H-pyrrole nitrogens is 1. The third-order valence-electron chi connectivity index (χ3n) is 12.9. The molecule has 20 heteroatoms. The van der Waals surface area contributed by atoms with Crippen LogP contribution >= 0.6 is 8.60 Å². The number of amides is 1. The maximum Gasteiger partial charge on any atom is 0.351 e. The summed E-state index contributed by atoms with van der Waals surface area (Å²) in [5, 5.41) is 2.68. The minimum Gasteiger partial charge on any atom is -0.497 e. The standard InChI is InChI=1S/C55H54N5O14P/c1-35-32-60(54(65)58-50(35)61)49-30-43(73-52(63)37-16-10-6-11-17-37)46(72-49)34-70-75(68-4)74-44-31-48(59-29-28-47(57-53(59)64)56-51(62)36-14-8-5-9-15-36)71-45(44)33-69-55(38-18-12-7-13-19-38,39-20-24-41(66-2)25-21-39)40-22-26-42(67-3)27-23-40/h5-29,32,43-46,48-49H,30-31,33-34H2,1-4H3,(H,58,61,65)(H,56,57,62,64)/t43-,44-,45+,46+,48+,49+,75?/m0/s1. The Morgan fingerprint density at radius 3 is 1.83 bits per heavy atom. The zero-order valence-electron chi connectivity index (χ0n) is 41.3. The molecule has 5 aromatic carbocycles.